The fourth-order valence-corrected chi connectivity index (χ4v) is 1.21. The lowest BCUT2D eigenvalue weighted by molar-refractivity contribution is -0.143. The van der Waals surface area contributed by atoms with E-state index in [0.29, 0.717) is 11.4 Å². The monoisotopic (exact) mass is 259 g/mol. The Balaban J connectivity index is 2.77. The van der Waals surface area contributed by atoms with Crippen LogP contribution in [-0.4, -0.2) is 29.6 Å². The molecule has 0 aromatic carbocycles. The molecule has 0 saturated carbocycles. The number of nitriles is 1. The molecule has 1 aromatic heterocycles. The minimum atomic E-state index is -1.05. The van der Waals surface area contributed by atoms with Crippen LogP contribution in [0.3, 0.4) is 0 Å². The van der Waals surface area contributed by atoms with Gasteiger partial charge in [-0.2, -0.15) is 5.26 Å². The van der Waals surface area contributed by atoms with Gasteiger partial charge in [-0.1, -0.05) is 0 Å². The number of ether oxygens (including phenoxy) is 1. The quantitative estimate of drug-likeness (QED) is 0.455. The molecule has 1 rings (SSSR count). The summed E-state index contributed by atoms with van der Waals surface area (Å²) in [6.45, 7) is 3.28. The summed E-state index contributed by atoms with van der Waals surface area (Å²) in [5.74, 6) is -1.83. The molecule has 0 aliphatic carbocycles. The van der Waals surface area contributed by atoms with Crippen LogP contribution in [0.5, 0.6) is 0 Å². The fourth-order valence-electron chi connectivity index (χ4n) is 1.21. The van der Waals surface area contributed by atoms with Crippen molar-refractivity contribution in [2.75, 3.05) is 6.61 Å². The minimum Gasteiger partial charge on any atom is -0.465 e. The molecule has 1 atom stereocenters. The maximum absolute atomic E-state index is 11.3. The molecule has 1 unspecified atom stereocenters. The summed E-state index contributed by atoms with van der Waals surface area (Å²) in [6, 6.07) is 4.90. The predicted molar refractivity (Wildman–Crippen MR) is 68.1 cm³/mol. The van der Waals surface area contributed by atoms with Gasteiger partial charge in [0.1, 0.15) is 5.69 Å². The van der Waals surface area contributed by atoms with Gasteiger partial charge in [0, 0.05) is 13.1 Å². The van der Waals surface area contributed by atoms with Gasteiger partial charge >= 0.3 is 5.97 Å². The summed E-state index contributed by atoms with van der Waals surface area (Å²) in [5, 5.41) is 8.82. The molecule has 1 aromatic rings. The van der Waals surface area contributed by atoms with Crippen LogP contribution >= 0.6 is 0 Å². The molecule has 6 nitrogen and oxygen atoms in total. The number of ketones is 1. The molecule has 1 heterocycles. The average molecular weight is 259 g/mol. The summed E-state index contributed by atoms with van der Waals surface area (Å²) in [4.78, 5) is 30.2. The van der Waals surface area contributed by atoms with Crippen molar-refractivity contribution in [1.82, 2.24) is 4.98 Å². The standard InChI is InChI=1S/C13H13N3O3/c1-3-19-13(18)10(6-14)7-15-11-4-5-12(9(2)17)16-8-11/h4-5,7-8,10H,3H2,1-2H3. The third-order valence-corrected chi connectivity index (χ3v) is 2.16. The molecule has 6 heteroatoms. The van der Waals surface area contributed by atoms with E-state index in [1.165, 1.54) is 25.4 Å². The number of carbonyl (C=O) groups is 2. The minimum absolute atomic E-state index is 0.142. The Labute approximate surface area is 110 Å². The molecule has 0 aliphatic rings. The van der Waals surface area contributed by atoms with Gasteiger partial charge in [-0.05, 0) is 19.1 Å². The number of esters is 1. The average Bonchev–Trinajstić information content (AvgIpc) is 2.40. The van der Waals surface area contributed by atoms with Gasteiger partial charge in [-0.25, -0.2) is 0 Å². The summed E-state index contributed by atoms with van der Waals surface area (Å²) >= 11 is 0. The number of hydrogen-bond donors (Lipinski definition) is 0. The van der Waals surface area contributed by atoms with Crippen LogP contribution in [0, 0.1) is 17.2 Å². The highest BCUT2D eigenvalue weighted by Gasteiger charge is 2.16. The molecule has 0 N–H and O–H groups in total. The van der Waals surface area contributed by atoms with Gasteiger partial charge in [0.05, 0.1) is 24.6 Å². The highest BCUT2D eigenvalue weighted by Crippen LogP contribution is 2.11. The zero-order valence-corrected chi connectivity index (χ0v) is 10.7. The van der Waals surface area contributed by atoms with E-state index in [0.717, 1.165) is 0 Å². The van der Waals surface area contributed by atoms with E-state index < -0.39 is 11.9 Å². The highest BCUT2D eigenvalue weighted by molar-refractivity contribution is 5.94. The molecule has 98 valence electrons. The normalized spacial score (nSPS) is 11.8. The lowest BCUT2D eigenvalue weighted by Crippen LogP contribution is -2.17. The molecule has 19 heavy (non-hydrogen) atoms. The number of pyridine rings is 1. The maximum Gasteiger partial charge on any atom is 0.328 e. The third kappa shape index (κ3) is 4.32. The molecule has 0 radical (unpaired) electrons. The van der Waals surface area contributed by atoms with Crippen molar-refractivity contribution in [3.8, 4) is 6.07 Å². The SMILES string of the molecule is CCOC(=O)C(C#N)C=Nc1ccc(C(C)=O)nc1. The predicted octanol–water partition coefficient (Wildman–Crippen LogP) is 1.69. The van der Waals surface area contributed by atoms with E-state index in [9.17, 15) is 9.59 Å². The second-order valence-corrected chi connectivity index (χ2v) is 3.59. The third-order valence-electron chi connectivity index (χ3n) is 2.16. The smallest absolute Gasteiger partial charge is 0.328 e. The first-order valence-electron chi connectivity index (χ1n) is 5.66. The van der Waals surface area contributed by atoms with Crippen molar-refractivity contribution in [3.05, 3.63) is 24.0 Å². The van der Waals surface area contributed by atoms with Crippen LogP contribution < -0.4 is 0 Å². The first-order chi connectivity index (χ1) is 9.08. The second kappa shape index (κ2) is 7.01. The Kier molecular flexibility index (Phi) is 5.35. The molecular formula is C13H13N3O3. The van der Waals surface area contributed by atoms with E-state index in [1.54, 1.807) is 19.1 Å². The fraction of sp³-hybridized carbons (Fsp3) is 0.308. The molecule has 0 fully saturated rings. The van der Waals surface area contributed by atoms with E-state index >= 15 is 0 Å². The lowest BCUT2D eigenvalue weighted by atomic mass is 10.2. The van der Waals surface area contributed by atoms with Gasteiger partial charge in [-0.3, -0.25) is 19.6 Å². The van der Waals surface area contributed by atoms with Gasteiger partial charge in [-0.15, -0.1) is 0 Å². The number of rotatable bonds is 5. The second-order valence-electron chi connectivity index (χ2n) is 3.59. The van der Waals surface area contributed by atoms with Crippen LogP contribution in [0.1, 0.15) is 24.3 Å². The zero-order valence-electron chi connectivity index (χ0n) is 10.7. The Morgan fingerprint density at radius 3 is 2.79 bits per heavy atom. The first-order valence-corrected chi connectivity index (χ1v) is 5.66. The van der Waals surface area contributed by atoms with Gasteiger partial charge in [0.25, 0.3) is 0 Å². The van der Waals surface area contributed by atoms with E-state index in [-0.39, 0.29) is 12.4 Å². The molecular weight excluding hydrogens is 246 g/mol. The van der Waals surface area contributed by atoms with Crippen molar-refractivity contribution in [2.45, 2.75) is 13.8 Å². The number of nitrogens with zero attached hydrogens (tertiary/aromatic N) is 3. The number of carbonyl (C=O) groups excluding carboxylic acids is 2. The number of aliphatic imine (C=N–C) groups is 1. The van der Waals surface area contributed by atoms with Gasteiger partial charge < -0.3 is 4.74 Å². The van der Waals surface area contributed by atoms with Crippen molar-refractivity contribution in [3.63, 3.8) is 0 Å². The van der Waals surface area contributed by atoms with Crippen molar-refractivity contribution in [1.29, 1.82) is 5.26 Å². The molecule has 0 bridgehead atoms. The molecule has 0 spiro atoms. The highest BCUT2D eigenvalue weighted by atomic mass is 16.5. The van der Waals surface area contributed by atoms with Crippen LogP contribution in [0.4, 0.5) is 5.69 Å². The summed E-state index contributed by atoms with van der Waals surface area (Å²) in [6.07, 6.45) is 2.59. The molecule has 0 amide bonds. The van der Waals surface area contributed by atoms with Crippen LogP contribution in [-0.2, 0) is 9.53 Å². The van der Waals surface area contributed by atoms with E-state index in [4.69, 9.17) is 10.00 Å². The number of Topliss-reactive ketones (excluding diaryl/α,β-unsaturated/α-hetero) is 1. The Morgan fingerprint density at radius 2 is 2.32 bits per heavy atom. The van der Waals surface area contributed by atoms with Crippen molar-refractivity contribution in [2.24, 2.45) is 10.9 Å². The zero-order chi connectivity index (χ0) is 14.3. The lowest BCUT2D eigenvalue weighted by Gasteiger charge is -2.02. The summed E-state index contributed by atoms with van der Waals surface area (Å²) in [5.41, 5.74) is 0.788. The van der Waals surface area contributed by atoms with E-state index in [2.05, 4.69) is 9.98 Å². The summed E-state index contributed by atoms with van der Waals surface area (Å²) < 4.78 is 4.72. The number of aromatic nitrogens is 1. The summed E-state index contributed by atoms with van der Waals surface area (Å²) in [7, 11) is 0. The van der Waals surface area contributed by atoms with Crippen LogP contribution in [0.15, 0.2) is 23.3 Å². The Morgan fingerprint density at radius 1 is 1.58 bits per heavy atom. The van der Waals surface area contributed by atoms with Crippen molar-refractivity contribution >= 4 is 23.7 Å². The van der Waals surface area contributed by atoms with Crippen LogP contribution in [0.2, 0.25) is 0 Å². The van der Waals surface area contributed by atoms with E-state index in [1.807, 2.05) is 0 Å². The van der Waals surface area contributed by atoms with Gasteiger partial charge in [0.2, 0.25) is 0 Å². The molecule has 0 saturated heterocycles. The van der Waals surface area contributed by atoms with Crippen molar-refractivity contribution < 1.29 is 14.3 Å². The number of hydrogen-bond acceptors (Lipinski definition) is 6. The van der Waals surface area contributed by atoms with Crippen LogP contribution in [0.25, 0.3) is 0 Å². The Hall–Kier alpha value is -2.55. The first kappa shape index (κ1) is 14.5. The molecule has 0 aliphatic heterocycles. The topological polar surface area (TPSA) is 92.4 Å². The largest absolute Gasteiger partial charge is 0.465 e. The van der Waals surface area contributed by atoms with Gasteiger partial charge in [0.15, 0.2) is 11.7 Å². The Bertz CT molecular complexity index is 529. The maximum atomic E-state index is 11.3.